The van der Waals surface area contributed by atoms with Gasteiger partial charge >= 0.3 is 0 Å². The Kier molecular flexibility index (Phi) is 4.77. The molecule has 3 heteroatoms. The number of methoxy groups -OCH3 is 1. The highest BCUT2D eigenvalue weighted by molar-refractivity contribution is 5.28. The van der Waals surface area contributed by atoms with Crippen LogP contribution in [0.2, 0.25) is 0 Å². The van der Waals surface area contributed by atoms with Crippen LogP contribution in [-0.2, 0) is 12.0 Å². The van der Waals surface area contributed by atoms with Crippen LogP contribution >= 0.6 is 0 Å². The Morgan fingerprint density at radius 1 is 1.05 bits per heavy atom. The summed E-state index contributed by atoms with van der Waals surface area (Å²) in [6.45, 7) is 0.215. The minimum absolute atomic E-state index is 0.215. The van der Waals surface area contributed by atoms with E-state index in [2.05, 4.69) is 0 Å². The predicted molar refractivity (Wildman–Crippen MR) is 80.7 cm³/mol. The van der Waals surface area contributed by atoms with Crippen molar-refractivity contribution in [3.63, 3.8) is 0 Å². The van der Waals surface area contributed by atoms with Crippen LogP contribution < -0.4 is 10.5 Å². The molecule has 0 heterocycles. The fraction of sp³-hybridized carbons (Fsp3) is 0.294. The SMILES string of the molecule is COc1ccc(CCC(O)(CN)c2ccccc2)cc1. The van der Waals surface area contributed by atoms with E-state index in [1.165, 1.54) is 0 Å². The van der Waals surface area contributed by atoms with E-state index in [0.29, 0.717) is 6.42 Å². The van der Waals surface area contributed by atoms with Crippen LogP contribution in [0.5, 0.6) is 5.75 Å². The summed E-state index contributed by atoms with van der Waals surface area (Å²) in [5.41, 5.74) is 6.84. The quantitative estimate of drug-likeness (QED) is 0.848. The first-order chi connectivity index (χ1) is 9.68. The lowest BCUT2D eigenvalue weighted by Crippen LogP contribution is -2.35. The molecule has 0 bridgehead atoms. The molecule has 0 radical (unpaired) electrons. The molecule has 2 aromatic carbocycles. The number of ether oxygens (including phenoxy) is 1. The Morgan fingerprint density at radius 3 is 2.25 bits per heavy atom. The summed E-state index contributed by atoms with van der Waals surface area (Å²) in [5, 5.41) is 10.7. The minimum Gasteiger partial charge on any atom is -0.497 e. The van der Waals surface area contributed by atoms with Crippen LogP contribution in [0.3, 0.4) is 0 Å². The van der Waals surface area contributed by atoms with Gasteiger partial charge in [0.05, 0.1) is 7.11 Å². The molecule has 0 saturated carbocycles. The molecular weight excluding hydrogens is 250 g/mol. The van der Waals surface area contributed by atoms with Crippen molar-refractivity contribution >= 4 is 0 Å². The third-order valence-corrected chi connectivity index (χ3v) is 3.64. The smallest absolute Gasteiger partial charge is 0.118 e. The molecule has 0 aliphatic rings. The zero-order valence-corrected chi connectivity index (χ0v) is 11.8. The highest BCUT2D eigenvalue weighted by Gasteiger charge is 2.26. The molecule has 0 fully saturated rings. The Hall–Kier alpha value is -1.84. The lowest BCUT2D eigenvalue weighted by molar-refractivity contribution is 0.0370. The van der Waals surface area contributed by atoms with Gasteiger partial charge in [0.2, 0.25) is 0 Å². The van der Waals surface area contributed by atoms with Gasteiger partial charge < -0.3 is 15.6 Å². The normalized spacial score (nSPS) is 13.8. The molecule has 2 aromatic rings. The summed E-state index contributed by atoms with van der Waals surface area (Å²) in [4.78, 5) is 0. The van der Waals surface area contributed by atoms with Gasteiger partial charge in [-0.1, -0.05) is 42.5 Å². The molecule has 20 heavy (non-hydrogen) atoms. The van der Waals surface area contributed by atoms with E-state index in [-0.39, 0.29) is 6.54 Å². The van der Waals surface area contributed by atoms with Crippen molar-refractivity contribution in [3.05, 3.63) is 65.7 Å². The van der Waals surface area contributed by atoms with Gasteiger partial charge in [0.25, 0.3) is 0 Å². The molecule has 0 spiro atoms. The lowest BCUT2D eigenvalue weighted by Gasteiger charge is -2.27. The second kappa shape index (κ2) is 6.55. The summed E-state index contributed by atoms with van der Waals surface area (Å²) >= 11 is 0. The van der Waals surface area contributed by atoms with E-state index >= 15 is 0 Å². The van der Waals surface area contributed by atoms with Crippen molar-refractivity contribution in [3.8, 4) is 5.75 Å². The number of benzene rings is 2. The first kappa shape index (κ1) is 14.6. The van der Waals surface area contributed by atoms with Crippen molar-refractivity contribution in [2.24, 2.45) is 5.73 Å². The highest BCUT2D eigenvalue weighted by Crippen LogP contribution is 2.26. The summed E-state index contributed by atoms with van der Waals surface area (Å²) < 4.78 is 5.14. The molecule has 0 amide bonds. The first-order valence-electron chi connectivity index (χ1n) is 6.79. The van der Waals surface area contributed by atoms with Crippen molar-refractivity contribution in [2.45, 2.75) is 18.4 Å². The van der Waals surface area contributed by atoms with E-state index in [1.54, 1.807) is 7.11 Å². The van der Waals surface area contributed by atoms with E-state index in [4.69, 9.17) is 10.5 Å². The Labute approximate surface area is 120 Å². The van der Waals surface area contributed by atoms with Gasteiger partial charge in [-0.05, 0) is 36.1 Å². The molecule has 106 valence electrons. The molecular formula is C17H21NO2. The van der Waals surface area contributed by atoms with Crippen molar-refractivity contribution in [1.29, 1.82) is 0 Å². The molecule has 1 unspecified atom stereocenters. The van der Waals surface area contributed by atoms with Crippen LogP contribution in [0, 0.1) is 0 Å². The molecule has 1 atom stereocenters. The largest absolute Gasteiger partial charge is 0.497 e. The zero-order valence-electron chi connectivity index (χ0n) is 11.8. The summed E-state index contributed by atoms with van der Waals surface area (Å²) in [5.74, 6) is 0.839. The van der Waals surface area contributed by atoms with Gasteiger partial charge in [0, 0.05) is 6.54 Å². The first-order valence-corrected chi connectivity index (χ1v) is 6.79. The van der Waals surface area contributed by atoms with E-state index in [1.807, 2.05) is 54.6 Å². The van der Waals surface area contributed by atoms with Gasteiger partial charge in [-0.2, -0.15) is 0 Å². The monoisotopic (exact) mass is 271 g/mol. The standard InChI is InChI=1S/C17H21NO2/c1-20-16-9-7-14(8-10-16)11-12-17(19,13-18)15-5-3-2-4-6-15/h2-10,19H,11-13,18H2,1H3. The molecule has 3 N–H and O–H groups in total. The second-order valence-electron chi connectivity index (χ2n) is 4.95. The third-order valence-electron chi connectivity index (χ3n) is 3.64. The van der Waals surface area contributed by atoms with Crippen LogP contribution in [-0.4, -0.2) is 18.8 Å². The fourth-order valence-electron chi connectivity index (χ4n) is 2.26. The van der Waals surface area contributed by atoms with Gasteiger partial charge in [-0.15, -0.1) is 0 Å². The number of aryl methyl sites for hydroxylation is 1. The fourth-order valence-corrected chi connectivity index (χ4v) is 2.26. The molecule has 0 aliphatic heterocycles. The van der Waals surface area contributed by atoms with E-state index < -0.39 is 5.60 Å². The summed E-state index contributed by atoms with van der Waals surface area (Å²) in [7, 11) is 1.65. The molecule has 0 saturated heterocycles. The zero-order chi connectivity index (χ0) is 14.4. The highest BCUT2D eigenvalue weighted by atomic mass is 16.5. The van der Waals surface area contributed by atoms with Crippen LogP contribution in [0.15, 0.2) is 54.6 Å². The van der Waals surface area contributed by atoms with Crippen molar-refractivity contribution in [2.75, 3.05) is 13.7 Å². The minimum atomic E-state index is -0.971. The van der Waals surface area contributed by atoms with E-state index in [9.17, 15) is 5.11 Å². The maximum atomic E-state index is 10.7. The van der Waals surface area contributed by atoms with E-state index in [0.717, 1.165) is 23.3 Å². The molecule has 2 rings (SSSR count). The number of hydrogen-bond acceptors (Lipinski definition) is 3. The maximum Gasteiger partial charge on any atom is 0.118 e. The van der Waals surface area contributed by atoms with Crippen LogP contribution in [0.25, 0.3) is 0 Å². The number of rotatable bonds is 6. The molecule has 0 aromatic heterocycles. The Balaban J connectivity index is 2.06. The number of hydrogen-bond donors (Lipinski definition) is 2. The van der Waals surface area contributed by atoms with Crippen molar-refractivity contribution < 1.29 is 9.84 Å². The summed E-state index contributed by atoms with van der Waals surface area (Å²) in [6.07, 6.45) is 1.37. The molecule has 0 aliphatic carbocycles. The van der Waals surface area contributed by atoms with Gasteiger partial charge in [-0.25, -0.2) is 0 Å². The van der Waals surface area contributed by atoms with Crippen molar-refractivity contribution in [1.82, 2.24) is 0 Å². The number of nitrogens with two attached hydrogens (primary N) is 1. The Morgan fingerprint density at radius 2 is 1.70 bits per heavy atom. The predicted octanol–water partition coefficient (Wildman–Crippen LogP) is 2.47. The van der Waals surface area contributed by atoms with Gasteiger partial charge in [0.1, 0.15) is 11.4 Å². The van der Waals surface area contributed by atoms with Gasteiger partial charge in [-0.3, -0.25) is 0 Å². The van der Waals surface area contributed by atoms with Gasteiger partial charge in [0.15, 0.2) is 0 Å². The average molecular weight is 271 g/mol. The summed E-state index contributed by atoms with van der Waals surface area (Å²) in [6, 6.07) is 17.5. The third kappa shape index (κ3) is 3.38. The second-order valence-corrected chi connectivity index (χ2v) is 4.95. The topological polar surface area (TPSA) is 55.5 Å². The number of aliphatic hydroxyl groups is 1. The van der Waals surface area contributed by atoms with Crippen LogP contribution in [0.4, 0.5) is 0 Å². The lowest BCUT2D eigenvalue weighted by atomic mass is 9.88. The Bertz CT molecular complexity index is 524. The maximum absolute atomic E-state index is 10.7. The molecule has 3 nitrogen and oxygen atoms in total. The average Bonchev–Trinajstić information content (AvgIpc) is 2.54. The van der Waals surface area contributed by atoms with Crippen LogP contribution in [0.1, 0.15) is 17.5 Å².